The van der Waals surface area contributed by atoms with E-state index in [0.29, 0.717) is 37.1 Å². The van der Waals surface area contributed by atoms with E-state index in [1.54, 1.807) is 36.1 Å². The van der Waals surface area contributed by atoms with Crippen molar-refractivity contribution in [1.82, 2.24) is 19.4 Å². The third kappa shape index (κ3) is 4.57. The predicted octanol–water partition coefficient (Wildman–Crippen LogP) is 3.48. The molecule has 10 heteroatoms. The molecule has 0 N–H and O–H groups in total. The van der Waals surface area contributed by atoms with Gasteiger partial charge in [0.15, 0.2) is 0 Å². The monoisotopic (exact) mass is 415 g/mol. The number of imidazole rings is 1. The van der Waals surface area contributed by atoms with Gasteiger partial charge in [0, 0.05) is 46.1 Å². The fraction of sp³-hybridized carbons (Fsp3) is 0.500. The standard InChI is InChI=1S/C18H21ClF3N5O/c1-25-10-15(24-11-25)17(28)26(2)9-12-3-5-27(6-4-12)16-14(19)7-13(8-23-16)18(20,21)22/h7-8,10-12H,3-6,9H2,1-2H3. The van der Waals surface area contributed by atoms with Gasteiger partial charge in [0.2, 0.25) is 0 Å². The Hall–Kier alpha value is -2.29. The summed E-state index contributed by atoms with van der Waals surface area (Å²) in [6.45, 7) is 1.83. The lowest BCUT2D eigenvalue weighted by Crippen LogP contribution is -2.40. The molecular formula is C18H21ClF3N5O. The van der Waals surface area contributed by atoms with E-state index in [2.05, 4.69) is 9.97 Å². The van der Waals surface area contributed by atoms with Crippen LogP contribution >= 0.6 is 11.6 Å². The third-order valence-corrected chi connectivity index (χ3v) is 5.14. The van der Waals surface area contributed by atoms with Crippen molar-refractivity contribution in [2.75, 3.05) is 31.6 Å². The van der Waals surface area contributed by atoms with E-state index >= 15 is 0 Å². The molecule has 1 saturated heterocycles. The molecule has 3 rings (SSSR count). The van der Waals surface area contributed by atoms with Crippen LogP contribution in [0.4, 0.5) is 19.0 Å². The second-order valence-corrected chi connectivity index (χ2v) is 7.47. The minimum absolute atomic E-state index is 0.00396. The number of amides is 1. The zero-order chi connectivity index (χ0) is 20.5. The van der Waals surface area contributed by atoms with Gasteiger partial charge >= 0.3 is 6.18 Å². The summed E-state index contributed by atoms with van der Waals surface area (Å²) in [5.41, 5.74) is -0.450. The molecule has 0 atom stereocenters. The molecule has 0 aliphatic carbocycles. The number of carbonyl (C=O) groups excluding carboxylic acids is 1. The Morgan fingerprint density at radius 1 is 1.32 bits per heavy atom. The van der Waals surface area contributed by atoms with Crippen LogP contribution < -0.4 is 4.90 Å². The maximum absolute atomic E-state index is 12.8. The number of alkyl halides is 3. The Bertz CT molecular complexity index is 846. The van der Waals surface area contributed by atoms with Crippen molar-refractivity contribution in [3.63, 3.8) is 0 Å². The van der Waals surface area contributed by atoms with E-state index in [0.717, 1.165) is 25.1 Å². The van der Waals surface area contributed by atoms with Gasteiger partial charge in [-0.3, -0.25) is 4.79 Å². The molecule has 1 fully saturated rings. The van der Waals surface area contributed by atoms with Gasteiger partial charge in [-0.05, 0) is 24.8 Å². The highest BCUT2D eigenvalue weighted by molar-refractivity contribution is 6.33. The molecule has 2 aromatic heterocycles. The fourth-order valence-electron chi connectivity index (χ4n) is 3.33. The summed E-state index contributed by atoms with van der Waals surface area (Å²) in [7, 11) is 3.55. The Morgan fingerprint density at radius 3 is 2.54 bits per heavy atom. The van der Waals surface area contributed by atoms with Crippen LogP contribution in [0, 0.1) is 5.92 Å². The summed E-state index contributed by atoms with van der Waals surface area (Å²) in [4.78, 5) is 23.9. The van der Waals surface area contributed by atoms with E-state index in [9.17, 15) is 18.0 Å². The molecule has 0 radical (unpaired) electrons. The molecule has 0 saturated carbocycles. The molecule has 6 nitrogen and oxygen atoms in total. The van der Waals surface area contributed by atoms with Crippen LogP contribution in [0.25, 0.3) is 0 Å². The Morgan fingerprint density at radius 2 is 2.00 bits per heavy atom. The fourth-order valence-corrected chi connectivity index (χ4v) is 3.62. The van der Waals surface area contributed by atoms with Crippen LogP contribution in [0.3, 0.4) is 0 Å². The molecule has 2 aromatic rings. The smallest absolute Gasteiger partial charge is 0.355 e. The first-order valence-electron chi connectivity index (χ1n) is 8.86. The van der Waals surface area contributed by atoms with Gasteiger partial charge in [-0.2, -0.15) is 13.2 Å². The lowest BCUT2D eigenvalue weighted by atomic mass is 9.96. The summed E-state index contributed by atoms with van der Waals surface area (Å²) in [5, 5.41) is -0.00396. The number of halogens is 4. The number of pyridine rings is 1. The molecule has 1 aliphatic heterocycles. The zero-order valence-corrected chi connectivity index (χ0v) is 16.3. The average Bonchev–Trinajstić information content (AvgIpc) is 3.07. The summed E-state index contributed by atoms with van der Waals surface area (Å²) in [6.07, 6.45) is 1.19. The van der Waals surface area contributed by atoms with E-state index < -0.39 is 11.7 Å². The van der Waals surface area contributed by atoms with Crippen molar-refractivity contribution in [3.05, 3.63) is 41.1 Å². The molecule has 0 aromatic carbocycles. The number of anilines is 1. The van der Waals surface area contributed by atoms with E-state index in [1.807, 2.05) is 4.90 Å². The minimum atomic E-state index is -4.47. The Labute approximate surface area is 165 Å². The maximum atomic E-state index is 12.8. The first-order valence-corrected chi connectivity index (χ1v) is 9.24. The first-order chi connectivity index (χ1) is 13.1. The number of nitrogens with zero attached hydrogens (tertiary/aromatic N) is 5. The van der Waals surface area contributed by atoms with Crippen LogP contribution in [-0.2, 0) is 13.2 Å². The normalized spacial score (nSPS) is 15.7. The van der Waals surface area contributed by atoms with Gasteiger partial charge in [0.1, 0.15) is 11.5 Å². The largest absolute Gasteiger partial charge is 0.417 e. The van der Waals surface area contributed by atoms with Crippen LogP contribution in [-0.4, -0.2) is 52.0 Å². The number of carbonyl (C=O) groups is 1. The highest BCUT2D eigenvalue weighted by Gasteiger charge is 2.32. The molecule has 152 valence electrons. The highest BCUT2D eigenvalue weighted by Crippen LogP contribution is 2.34. The van der Waals surface area contributed by atoms with Crippen LogP contribution in [0.5, 0.6) is 0 Å². The number of aromatic nitrogens is 3. The maximum Gasteiger partial charge on any atom is 0.417 e. The Kier molecular flexibility index (Phi) is 5.83. The highest BCUT2D eigenvalue weighted by atomic mass is 35.5. The van der Waals surface area contributed by atoms with Gasteiger partial charge < -0.3 is 14.4 Å². The lowest BCUT2D eigenvalue weighted by Gasteiger charge is -2.34. The van der Waals surface area contributed by atoms with Crippen LogP contribution in [0.1, 0.15) is 28.9 Å². The number of piperidine rings is 1. The molecular weight excluding hydrogens is 395 g/mol. The second-order valence-electron chi connectivity index (χ2n) is 7.07. The number of aryl methyl sites for hydroxylation is 1. The molecule has 3 heterocycles. The molecule has 0 bridgehead atoms. The number of hydrogen-bond donors (Lipinski definition) is 0. The van der Waals surface area contributed by atoms with E-state index in [1.165, 1.54) is 0 Å². The summed E-state index contributed by atoms with van der Waals surface area (Å²) >= 11 is 6.03. The lowest BCUT2D eigenvalue weighted by molar-refractivity contribution is -0.137. The van der Waals surface area contributed by atoms with Crippen molar-refractivity contribution < 1.29 is 18.0 Å². The quantitative estimate of drug-likeness (QED) is 0.767. The molecule has 28 heavy (non-hydrogen) atoms. The van der Waals surface area contributed by atoms with Gasteiger partial charge in [-0.15, -0.1) is 0 Å². The molecule has 1 aliphatic rings. The number of rotatable bonds is 4. The van der Waals surface area contributed by atoms with E-state index in [-0.39, 0.29) is 10.9 Å². The van der Waals surface area contributed by atoms with Crippen molar-refractivity contribution in [2.24, 2.45) is 13.0 Å². The third-order valence-electron chi connectivity index (χ3n) is 4.87. The van der Waals surface area contributed by atoms with Crippen molar-refractivity contribution in [2.45, 2.75) is 19.0 Å². The SMILES string of the molecule is CN(CC1CCN(c2ncc(C(F)(F)F)cc2Cl)CC1)C(=O)c1cn(C)cn1. The molecule has 0 spiro atoms. The van der Waals surface area contributed by atoms with Crippen LogP contribution in [0.2, 0.25) is 5.02 Å². The molecule has 0 unspecified atom stereocenters. The topological polar surface area (TPSA) is 54.3 Å². The first kappa shape index (κ1) is 20.4. The second kappa shape index (κ2) is 7.98. The summed E-state index contributed by atoms with van der Waals surface area (Å²) in [5.74, 6) is 0.531. The van der Waals surface area contributed by atoms with Crippen molar-refractivity contribution in [3.8, 4) is 0 Å². The van der Waals surface area contributed by atoms with Crippen LogP contribution in [0.15, 0.2) is 24.8 Å². The van der Waals surface area contributed by atoms with Gasteiger partial charge in [0.25, 0.3) is 5.91 Å². The average molecular weight is 416 g/mol. The summed E-state index contributed by atoms with van der Waals surface area (Å²) in [6, 6.07) is 0.912. The molecule has 1 amide bonds. The Balaban J connectivity index is 1.56. The van der Waals surface area contributed by atoms with Crippen molar-refractivity contribution >= 4 is 23.3 Å². The number of hydrogen-bond acceptors (Lipinski definition) is 4. The van der Waals surface area contributed by atoms with Gasteiger partial charge in [-0.1, -0.05) is 11.6 Å². The van der Waals surface area contributed by atoms with Gasteiger partial charge in [0.05, 0.1) is 16.9 Å². The predicted molar refractivity (Wildman–Crippen MR) is 99.4 cm³/mol. The van der Waals surface area contributed by atoms with Gasteiger partial charge in [-0.25, -0.2) is 9.97 Å². The zero-order valence-electron chi connectivity index (χ0n) is 15.6. The minimum Gasteiger partial charge on any atom is -0.355 e. The summed E-state index contributed by atoms with van der Waals surface area (Å²) < 4.78 is 40.0. The van der Waals surface area contributed by atoms with Crippen molar-refractivity contribution in [1.29, 1.82) is 0 Å². The van der Waals surface area contributed by atoms with E-state index in [4.69, 9.17) is 11.6 Å².